The molecule has 1 amide bonds. The summed E-state index contributed by atoms with van der Waals surface area (Å²) in [6.07, 6.45) is 2.90. The highest BCUT2D eigenvalue weighted by Gasteiger charge is 2.31. The Morgan fingerprint density at radius 1 is 1.29 bits per heavy atom. The molecule has 1 fully saturated rings. The number of rotatable bonds is 4. The molecule has 4 heterocycles. The number of nitrogens with zero attached hydrogens (tertiary/aromatic N) is 3. The molecule has 2 N–H and O–H groups in total. The average Bonchev–Trinajstić information content (AvgIpc) is 2.95. The van der Waals surface area contributed by atoms with E-state index in [0.717, 1.165) is 36.6 Å². The second kappa shape index (κ2) is 9.11. The highest BCUT2D eigenvalue weighted by Crippen LogP contribution is 2.31. The van der Waals surface area contributed by atoms with Gasteiger partial charge in [-0.1, -0.05) is 0 Å². The molecule has 7 nitrogen and oxygen atoms in total. The van der Waals surface area contributed by atoms with Gasteiger partial charge in [0.05, 0.1) is 12.0 Å². The van der Waals surface area contributed by atoms with Gasteiger partial charge in [-0.2, -0.15) is 0 Å². The quantitative estimate of drug-likeness (QED) is 0.776. The third-order valence-corrected chi connectivity index (χ3v) is 5.74. The first kappa shape index (κ1) is 22.5. The van der Waals surface area contributed by atoms with Gasteiger partial charge >= 0.3 is 0 Å². The lowest BCUT2D eigenvalue weighted by molar-refractivity contribution is 0.0949. The topological polar surface area (TPSA) is 81.0 Å². The zero-order chi connectivity index (χ0) is 18.3. The molecule has 2 aromatic rings. The minimum Gasteiger partial charge on any atom is -0.350 e. The predicted octanol–water partition coefficient (Wildman–Crippen LogP) is 1.64. The van der Waals surface area contributed by atoms with Crippen LogP contribution in [0.5, 0.6) is 0 Å². The minimum absolute atomic E-state index is 0. The van der Waals surface area contributed by atoms with Gasteiger partial charge in [0.2, 0.25) is 0 Å². The molecule has 0 saturated carbocycles. The van der Waals surface area contributed by atoms with Crippen molar-refractivity contribution in [3.8, 4) is 0 Å². The highest BCUT2D eigenvalue weighted by molar-refractivity contribution is 5.93. The molecule has 0 radical (unpaired) electrons. The molecule has 28 heavy (non-hydrogen) atoms. The Bertz CT molecular complexity index is 908. The van der Waals surface area contributed by atoms with Crippen LogP contribution < -0.4 is 16.2 Å². The fraction of sp³-hybridized carbons (Fsp3) is 0.526. The number of amides is 1. The van der Waals surface area contributed by atoms with Crippen LogP contribution in [0.25, 0.3) is 0 Å². The van der Waals surface area contributed by atoms with Crippen LogP contribution in [-0.4, -0.2) is 39.7 Å². The number of fused-ring (bicyclic) bond motifs is 4. The second-order valence-corrected chi connectivity index (χ2v) is 7.41. The third kappa shape index (κ3) is 4.11. The van der Waals surface area contributed by atoms with Crippen LogP contribution in [0.4, 0.5) is 0 Å². The van der Waals surface area contributed by atoms with E-state index in [9.17, 15) is 9.59 Å². The number of halogens is 2. The van der Waals surface area contributed by atoms with E-state index in [0.29, 0.717) is 31.5 Å². The smallest absolute Gasteiger partial charge is 0.263 e. The number of carbonyl (C=O) groups is 1. The van der Waals surface area contributed by atoms with Gasteiger partial charge in [-0.3, -0.25) is 9.59 Å². The van der Waals surface area contributed by atoms with E-state index in [2.05, 4.69) is 15.6 Å². The van der Waals surface area contributed by atoms with Gasteiger partial charge < -0.3 is 19.8 Å². The molecule has 2 aliphatic rings. The molecular weight excluding hydrogens is 401 g/mol. The zero-order valence-corrected chi connectivity index (χ0v) is 17.7. The first-order valence-corrected chi connectivity index (χ1v) is 9.25. The number of aryl methyl sites for hydroxylation is 1. The molecular formula is C19H27Cl2N5O2. The maximum absolute atomic E-state index is 12.8. The minimum atomic E-state index is -0.298. The molecule has 0 spiro atoms. The Kier molecular flexibility index (Phi) is 7.31. The number of hydrogen-bond acceptors (Lipinski definition) is 4. The second-order valence-electron chi connectivity index (χ2n) is 7.41. The summed E-state index contributed by atoms with van der Waals surface area (Å²) >= 11 is 0. The van der Waals surface area contributed by atoms with Crippen LogP contribution in [0.1, 0.15) is 39.8 Å². The van der Waals surface area contributed by atoms with Crippen molar-refractivity contribution >= 4 is 30.7 Å². The Balaban J connectivity index is 0.00000140. The molecule has 2 bridgehead atoms. The molecule has 0 aliphatic carbocycles. The van der Waals surface area contributed by atoms with Crippen LogP contribution in [0, 0.1) is 19.8 Å². The van der Waals surface area contributed by atoms with Gasteiger partial charge in [-0.15, -0.1) is 24.8 Å². The Labute approximate surface area is 176 Å². The average molecular weight is 428 g/mol. The van der Waals surface area contributed by atoms with E-state index in [1.165, 1.54) is 0 Å². The van der Waals surface area contributed by atoms with Crippen LogP contribution in [0.2, 0.25) is 0 Å². The lowest BCUT2D eigenvalue weighted by Gasteiger charge is -2.37. The Hall–Kier alpha value is -1.83. The molecule has 0 unspecified atom stereocenters. The molecule has 1 saturated heterocycles. The van der Waals surface area contributed by atoms with Crippen molar-refractivity contribution in [2.75, 3.05) is 19.6 Å². The van der Waals surface area contributed by atoms with Crippen molar-refractivity contribution in [2.24, 2.45) is 5.92 Å². The number of piperidine rings is 1. The molecule has 4 rings (SSSR count). The van der Waals surface area contributed by atoms with Crippen molar-refractivity contribution in [1.82, 2.24) is 24.8 Å². The van der Waals surface area contributed by atoms with E-state index in [1.54, 1.807) is 12.4 Å². The van der Waals surface area contributed by atoms with Gasteiger partial charge in [-0.25, -0.2) is 4.98 Å². The van der Waals surface area contributed by atoms with Crippen LogP contribution in [-0.2, 0) is 13.1 Å². The SMILES string of the molecule is Cc1ncn(CCNC(=O)c2ccc3n(c2=O)C[C@@H]2CNC[C@H]3C2)c1C.Cl.Cl. The molecule has 2 atom stereocenters. The predicted molar refractivity (Wildman–Crippen MR) is 113 cm³/mol. The van der Waals surface area contributed by atoms with Crippen LogP contribution >= 0.6 is 24.8 Å². The number of pyridine rings is 1. The fourth-order valence-electron chi connectivity index (χ4n) is 4.12. The molecule has 9 heteroatoms. The first-order valence-electron chi connectivity index (χ1n) is 9.25. The van der Waals surface area contributed by atoms with Crippen molar-refractivity contribution in [1.29, 1.82) is 0 Å². The first-order chi connectivity index (χ1) is 12.5. The summed E-state index contributed by atoms with van der Waals surface area (Å²) < 4.78 is 3.82. The molecule has 0 aromatic carbocycles. The van der Waals surface area contributed by atoms with Crippen LogP contribution in [0.15, 0.2) is 23.3 Å². The van der Waals surface area contributed by atoms with Gasteiger partial charge in [-0.05, 0) is 44.9 Å². The van der Waals surface area contributed by atoms with Crippen molar-refractivity contribution < 1.29 is 4.79 Å². The molecule has 2 aliphatic heterocycles. The monoisotopic (exact) mass is 427 g/mol. The number of hydrogen-bond donors (Lipinski definition) is 2. The zero-order valence-electron chi connectivity index (χ0n) is 16.1. The summed E-state index contributed by atoms with van der Waals surface area (Å²) in [6.45, 7) is 7.63. The lowest BCUT2D eigenvalue weighted by Crippen LogP contribution is -2.46. The van der Waals surface area contributed by atoms with Gasteiger partial charge in [0.15, 0.2) is 0 Å². The van der Waals surface area contributed by atoms with E-state index >= 15 is 0 Å². The number of carbonyl (C=O) groups excluding carboxylic acids is 1. The normalized spacial score (nSPS) is 19.8. The summed E-state index contributed by atoms with van der Waals surface area (Å²) in [5.74, 6) is 0.554. The van der Waals surface area contributed by atoms with Gasteiger partial charge in [0.25, 0.3) is 11.5 Å². The highest BCUT2D eigenvalue weighted by atomic mass is 35.5. The summed E-state index contributed by atoms with van der Waals surface area (Å²) in [6, 6.07) is 3.64. The fourth-order valence-corrected chi connectivity index (χ4v) is 4.12. The number of imidazole rings is 1. The lowest BCUT2D eigenvalue weighted by atomic mass is 9.84. The summed E-state index contributed by atoms with van der Waals surface area (Å²) in [5, 5.41) is 6.30. The third-order valence-electron chi connectivity index (χ3n) is 5.74. The summed E-state index contributed by atoms with van der Waals surface area (Å²) in [7, 11) is 0. The number of aromatic nitrogens is 3. The number of nitrogens with one attached hydrogen (secondary N) is 2. The summed E-state index contributed by atoms with van der Waals surface area (Å²) in [5.41, 5.74) is 3.21. The standard InChI is InChI=1S/C19H25N5O2.2ClH/c1-12-13(2)23(11-22-12)6-5-21-18(25)16-3-4-17-15-7-14(8-20-9-15)10-24(17)19(16)26;;/h3-4,11,14-15,20H,5-10H2,1-2H3,(H,21,25);2*1H/t14-,15+;;/m0../s1. The van der Waals surface area contributed by atoms with Gasteiger partial charge in [0.1, 0.15) is 5.56 Å². The van der Waals surface area contributed by atoms with E-state index in [1.807, 2.05) is 29.0 Å². The van der Waals surface area contributed by atoms with Crippen LogP contribution in [0.3, 0.4) is 0 Å². The molecule has 2 aromatic heterocycles. The van der Waals surface area contributed by atoms with Crippen molar-refractivity contribution in [3.05, 3.63) is 51.5 Å². The van der Waals surface area contributed by atoms with Crippen molar-refractivity contribution in [3.63, 3.8) is 0 Å². The summed E-state index contributed by atoms with van der Waals surface area (Å²) in [4.78, 5) is 29.6. The van der Waals surface area contributed by atoms with Crippen molar-refractivity contribution in [2.45, 2.75) is 39.3 Å². The Morgan fingerprint density at radius 2 is 2.07 bits per heavy atom. The largest absolute Gasteiger partial charge is 0.350 e. The van der Waals surface area contributed by atoms with E-state index in [-0.39, 0.29) is 41.8 Å². The van der Waals surface area contributed by atoms with E-state index < -0.39 is 0 Å². The maximum atomic E-state index is 12.8. The molecule has 154 valence electrons. The maximum Gasteiger partial charge on any atom is 0.263 e. The Morgan fingerprint density at radius 3 is 2.79 bits per heavy atom. The van der Waals surface area contributed by atoms with E-state index in [4.69, 9.17) is 0 Å². The van der Waals surface area contributed by atoms with Gasteiger partial charge in [0, 0.05) is 43.5 Å².